The van der Waals surface area contributed by atoms with E-state index < -0.39 is 11.2 Å². The van der Waals surface area contributed by atoms with Crippen LogP contribution in [0.5, 0.6) is 0 Å². The van der Waals surface area contributed by atoms with Gasteiger partial charge in [0.25, 0.3) is 0 Å². The third-order valence-electron chi connectivity index (χ3n) is 1.70. The number of hydrogen-bond donors (Lipinski definition) is 2. The van der Waals surface area contributed by atoms with Crippen LogP contribution in [0, 0.1) is 0 Å². The Bertz CT molecular complexity index is 192. The first-order valence-electron chi connectivity index (χ1n) is 5.26. The van der Waals surface area contributed by atoms with Gasteiger partial charge in [-0.3, -0.25) is 0 Å². The Morgan fingerprint density at radius 1 is 1.00 bits per heavy atom. The number of hydrogen-bond acceptors (Lipinski definition) is 2. The molecule has 0 bridgehead atoms. The van der Waals surface area contributed by atoms with Crippen LogP contribution in [-0.4, -0.2) is 21.4 Å². The smallest absolute Gasteiger partial charge is 0.0592 e. The highest BCUT2D eigenvalue weighted by atomic mass is 16.3. The molecule has 2 nitrogen and oxygen atoms in total. The highest BCUT2D eigenvalue weighted by Crippen LogP contribution is 2.17. The predicted octanol–water partition coefficient (Wildman–Crippen LogP) is 3.05. The molecule has 0 fully saturated rings. The van der Waals surface area contributed by atoms with E-state index in [1.807, 2.05) is 13.8 Å². The molecule has 0 unspecified atom stereocenters. The van der Waals surface area contributed by atoms with Crippen LogP contribution < -0.4 is 0 Å². The highest BCUT2D eigenvalue weighted by Gasteiger charge is 2.19. The summed E-state index contributed by atoms with van der Waals surface area (Å²) in [6.45, 7) is 14.3. The zero-order chi connectivity index (χ0) is 12.7. The van der Waals surface area contributed by atoms with Gasteiger partial charge in [-0.15, -0.1) is 5.73 Å². The Labute approximate surface area is 94.3 Å². The minimum absolute atomic E-state index is 0.635. The van der Waals surface area contributed by atoms with E-state index in [2.05, 4.69) is 12.3 Å². The van der Waals surface area contributed by atoms with Crippen LogP contribution in [0.15, 0.2) is 17.9 Å². The fourth-order valence-electron chi connectivity index (χ4n) is 0.612. The third kappa shape index (κ3) is 24.7. The SMILES string of the molecule is C=C=C(C)C.CC(C)(O)CCC(C)(C)O. The second kappa shape index (κ2) is 6.84. The topological polar surface area (TPSA) is 40.5 Å². The van der Waals surface area contributed by atoms with Crippen molar-refractivity contribution in [1.82, 2.24) is 0 Å². The van der Waals surface area contributed by atoms with E-state index in [9.17, 15) is 10.2 Å². The van der Waals surface area contributed by atoms with E-state index in [-0.39, 0.29) is 0 Å². The summed E-state index contributed by atoms with van der Waals surface area (Å²) >= 11 is 0. The average Bonchev–Trinajstić information content (AvgIpc) is 2.00. The van der Waals surface area contributed by atoms with E-state index in [1.54, 1.807) is 27.7 Å². The number of allylic oxidation sites excluding steroid dienone is 1. The molecule has 2 N–H and O–H groups in total. The summed E-state index contributed by atoms with van der Waals surface area (Å²) in [7, 11) is 0. The van der Waals surface area contributed by atoms with Gasteiger partial charge in [0, 0.05) is 0 Å². The van der Waals surface area contributed by atoms with Crippen molar-refractivity contribution in [3.05, 3.63) is 17.9 Å². The van der Waals surface area contributed by atoms with Crippen LogP contribution in [-0.2, 0) is 0 Å². The first kappa shape index (κ1) is 16.9. The third-order valence-corrected chi connectivity index (χ3v) is 1.70. The lowest BCUT2D eigenvalue weighted by molar-refractivity contribution is 0.0169. The van der Waals surface area contributed by atoms with Crippen molar-refractivity contribution in [3.8, 4) is 0 Å². The molecule has 0 radical (unpaired) electrons. The van der Waals surface area contributed by atoms with Gasteiger partial charge in [0.05, 0.1) is 11.2 Å². The average molecular weight is 214 g/mol. The van der Waals surface area contributed by atoms with Crippen LogP contribution in [0.25, 0.3) is 0 Å². The normalized spacial score (nSPS) is 11.2. The van der Waals surface area contributed by atoms with Gasteiger partial charge in [-0.2, -0.15) is 0 Å². The quantitative estimate of drug-likeness (QED) is 0.709. The molecule has 15 heavy (non-hydrogen) atoms. The van der Waals surface area contributed by atoms with Crippen LogP contribution in [0.4, 0.5) is 0 Å². The van der Waals surface area contributed by atoms with Crippen molar-refractivity contribution in [1.29, 1.82) is 0 Å². The molecule has 0 aliphatic heterocycles. The molecular formula is C13H26O2. The Morgan fingerprint density at radius 3 is 1.27 bits per heavy atom. The zero-order valence-electron chi connectivity index (χ0n) is 11.0. The molecule has 0 aromatic rings. The molecule has 0 spiro atoms. The van der Waals surface area contributed by atoms with Gasteiger partial charge < -0.3 is 10.2 Å². The van der Waals surface area contributed by atoms with Crippen molar-refractivity contribution in [2.45, 2.75) is 65.6 Å². The van der Waals surface area contributed by atoms with Gasteiger partial charge in [0.1, 0.15) is 0 Å². The van der Waals surface area contributed by atoms with Crippen molar-refractivity contribution in [2.75, 3.05) is 0 Å². The van der Waals surface area contributed by atoms with Gasteiger partial charge in [-0.25, -0.2) is 0 Å². The molecule has 0 aromatic carbocycles. The molecule has 0 aliphatic carbocycles. The first-order valence-corrected chi connectivity index (χ1v) is 5.26. The maximum atomic E-state index is 9.27. The lowest BCUT2D eigenvalue weighted by Gasteiger charge is -2.23. The summed E-state index contributed by atoms with van der Waals surface area (Å²) in [4.78, 5) is 0. The monoisotopic (exact) mass is 214 g/mol. The second-order valence-corrected chi connectivity index (χ2v) is 5.30. The number of rotatable bonds is 3. The minimum Gasteiger partial charge on any atom is -0.390 e. The molecule has 0 saturated carbocycles. The van der Waals surface area contributed by atoms with Gasteiger partial charge in [-0.05, 0) is 60.0 Å². The van der Waals surface area contributed by atoms with Gasteiger partial charge >= 0.3 is 0 Å². The molecule has 2 heteroatoms. The fourth-order valence-corrected chi connectivity index (χ4v) is 0.612. The van der Waals surface area contributed by atoms with E-state index in [1.165, 1.54) is 0 Å². The maximum Gasteiger partial charge on any atom is 0.0592 e. The highest BCUT2D eigenvalue weighted by molar-refractivity contribution is 4.87. The second-order valence-electron chi connectivity index (χ2n) is 5.30. The molecule has 0 atom stereocenters. The zero-order valence-corrected chi connectivity index (χ0v) is 11.0. The summed E-state index contributed by atoms with van der Waals surface area (Å²) in [5.41, 5.74) is 2.53. The predicted molar refractivity (Wildman–Crippen MR) is 65.8 cm³/mol. The molecule has 0 saturated heterocycles. The fraction of sp³-hybridized carbons (Fsp3) is 0.769. The molecule has 0 aromatic heterocycles. The Kier molecular flexibility index (Phi) is 7.68. The van der Waals surface area contributed by atoms with E-state index in [0.717, 1.165) is 5.57 Å². The van der Waals surface area contributed by atoms with Crippen molar-refractivity contribution >= 4 is 0 Å². The number of aliphatic hydroxyl groups is 2. The molecule has 0 amide bonds. The maximum absolute atomic E-state index is 9.27. The minimum atomic E-state index is -0.653. The summed E-state index contributed by atoms with van der Waals surface area (Å²) in [6.07, 6.45) is 1.27. The van der Waals surface area contributed by atoms with Crippen molar-refractivity contribution < 1.29 is 10.2 Å². The molecule has 0 rings (SSSR count). The molecule has 0 heterocycles. The molecular weight excluding hydrogens is 188 g/mol. The van der Waals surface area contributed by atoms with Gasteiger partial charge in [0.2, 0.25) is 0 Å². The van der Waals surface area contributed by atoms with Crippen molar-refractivity contribution in [3.63, 3.8) is 0 Å². The summed E-state index contributed by atoms with van der Waals surface area (Å²) in [5.74, 6) is 0. The van der Waals surface area contributed by atoms with Crippen molar-refractivity contribution in [2.24, 2.45) is 0 Å². The standard InChI is InChI=1S/C8H18O2.C5H8/c1-7(2,9)5-6-8(3,4)10;1-4-5(2)3/h9-10H,5-6H2,1-4H3;1H2,2-3H3. The largest absolute Gasteiger partial charge is 0.390 e. The van der Waals surface area contributed by atoms with E-state index in [4.69, 9.17) is 0 Å². The summed E-state index contributed by atoms with van der Waals surface area (Å²) < 4.78 is 0. The summed E-state index contributed by atoms with van der Waals surface area (Å²) in [6, 6.07) is 0. The van der Waals surface area contributed by atoms with Crippen LogP contribution >= 0.6 is 0 Å². The van der Waals surface area contributed by atoms with Crippen LogP contribution in [0.2, 0.25) is 0 Å². The molecule has 90 valence electrons. The van der Waals surface area contributed by atoms with E-state index >= 15 is 0 Å². The Balaban J connectivity index is 0. The van der Waals surface area contributed by atoms with Gasteiger partial charge in [0.15, 0.2) is 0 Å². The van der Waals surface area contributed by atoms with Crippen LogP contribution in [0.3, 0.4) is 0 Å². The van der Waals surface area contributed by atoms with Gasteiger partial charge in [-0.1, -0.05) is 6.58 Å². The van der Waals surface area contributed by atoms with E-state index in [0.29, 0.717) is 12.8 Å². The summed E-state index contributed by atoms with van der Waals surface area (Å²) in [5, 5.41) is 18.5. The molecule has 0 aliphatic rings. The Morgan fingerprint density at radius 2 is 1.20 bits per heavy atom. The Hall–Kier alpha value is -0.560. The lowest BCUT2D eigenvalue weighted by atomic mass is 9.94. The lowest BCUT2D eigenvalue weighted by Crippen LogP contribution is -2.26. The first-order chi connectivity index (χ1) is 6.48. The van der Waals surface area contributed by atoms with Crippen LogP contribution in [0.1, 0.15) is 54.4 Å².